The molecular formula is C23H23N3O5S2. The summed E-state index contributed by atoms with van der Waals surface area (Å²) in [5, 5.41) is 2.67. The number of hydrogen-bond acceptors (Lipinski definition) is 5. The van der Waals surface area contributed by atoms with E-state index in [0.29, 0.717) is 24.5 Å². The van der Waals surface area contributed by atoms with Gasteiger partial charge >= 0.3 is 0 Å². The first kappa shape index (κ1) is 23.0. The summed E-state index contributed by atoms with van der Waals surface area (Å²) in [4.78, 5) is 12.8. The lowest BCUT2D eigenvalue weighted by Gasteiger charge is -2.15. The third-order valence-electron chi connectivity index (χ3n) is 5.25. The smallest absolute Gasteiger partial charge is 0.261 e. The molecule has 0 unspecified atom stereocenters. The first-order valence-corrected chi connectivity index (χ1v) is 13.3. The molecule has 172 valence electrons. The van der Waals surface area contributed by atoms with Gasteiger partial charge in [0, 0.05) is 30.0 Å². The lowest BCUT2D eigenvalue weighted by atomic mass is 10.2. The first-order valence-electron chi connectivity index (χ1n) is 10.4. The average molecular weight is 486 g/mol. The standard InChI is InChI=1S/C23H23N3O5S2/c27-23(24-19-11-13-21(14-12-19)33(30,31)26-15-4-5-16-26)18-7-6-10-22(17-18)32(28,29)25-20-8-2-1-3-9-20/h1-3,6-14,17,25H,4-5,15-16H2,(H,24,27). The minimum atomic E-state index is -3.87. The summed E-state index contributed by atoms with van der Waals surface area (Å²) >= 11 is 0. The number of para-hydroxylation sites is 1. The molecule has 8 nitrogen and oxygen atoms in total. The third kappa shape index (κ3) is 5.24. The van der Waals surface area contributed by atoms with E-state index >= 15 is 0 Å². The minimum Gasteiger partial charge on any atom is -0.322 e. The van der Waals surface area contributed by atoms with E-state index < -0.39 is 26.0 Å². The van der Waals surface area contributed by atoms with Gasteiger partial charge in [-0.05, 0) is 67.4 Å². The summed E-state index contributed by atoms with van der Waals surface area (Å²) in [6.07, 6.45) is 1.70. The Kier molecular flexibility index (Phi) is 6.50. The highest BCUT2D eigenvalue weighted by molar-refractivity contribution is 7.92. The van der Waals surface area contributed by atoms with Crippen molar-refractivity contribution in [2.45, 2.75) is 22.6 Å². The monoisotopic (exact) mass is 485 g/mol. The summed E-state index contributed by atoms with van der Waals surface area (Å²) in [5.74, 6) is -0.512. The number of benzene rings is 3. The van der Waals surface area contributed by atoms with Crippen LogP contribution in [0.5, 0.6) is 0 Å². The van der Waals surface area contributed by atoms with Gasteiger partial charge in [-0.1, -0.05) is 24.3 Å². The fourth-order valence-electron chi connectivity index (χ4n) is 3.52. The fourth-order valence-corrected chi connectivity index (χ4v) is 6.14. The second kappa shape index (κ2) is 9.34. The summed E-state index contributed by atoms with van der Waals surface area (Å²) < 4.78 is 54.5. The van der Waals surface area contributed by atoms with E-state index in [1.165, 1.54) is 52.8 Å². The Hall–Kier alpha value is -3.21. The average Bonchev–Trinajstić information content (AvgIpc) is 3.36. The molecule has 0 saturated carbocycles. The van der Waals surface area contributed by atoms with Crippen molar-refractivity contribution < 1.29 is 21.6 Å². The first-order chi connectivity index (χ1) is 15.8. The predicted molar refractivity (Wildman–Crippen MR) is 126 cm³/mol. The van der Waals surface area contributed by atoms with Crippen LogP contribution in [0.4, 0.5) is 11.4 Å². The van der Waals surface area contributed by atoms with Gasteiger partial charge in [0.05, 0.1) is 9.79 Å². The molecule has 3 aromatic rings. The Morgan fingerprint density at radius 2 is 1.39 bits per heavy atom. The maximum Gasteiger partial charge on any atom is 0.261 e. The fraction of sp³-hybridized carbons (Fsp3) is 0.174. The van der Waals surface area contributed by atoms with Crippen LogP contribution in [0.2, 0.25) is 0 Å². The highest BCUT2D eigenvalue weighted by atomic mass is 32.2. The van der Waals surface area contributed by atoms with E-state index in [2.05, 4.69) is 10.0 Å². The van der Waals surface area contributed by atoms with Gasteiger partial charge in [0.15, 0.2) is 0 Å². The Labute approximate surface area is 193 Å². The molecule has 0 atom stereocenters. The van der Waals surface area contributed by atoms with Crippen molar-refractivity contribution >= 4 is 37.3 Å². The summed E-state index contributed by atoms with van der Waals surface area (Å²) in [5.41, 5.74) is 0.965. The summed E-state index contributed by atoms with van der Waals surface area (Å²) in [6, 6.07) is 20.1. The van der Waals surface area contributed by atoms with Crippen molar-refractivity contribution in [2.24, 2.45) is 0 Å². The van der Waals surface area contributed by atoms with Gasteiger partial charge in [-0.2, -0.15) is 4.31 Å². The molecule has 1 heterocycles. The van der Waals surface area contributed by atoms with Crippen LogP contribution < -0.4 is 10.0 Å². The minimum absolute atomic E-state index is 0.0499. The van der Waals surface area contributed by atoms with Crippen molar-refractivity contribution in [3.8, 4) is 0 Å². The number of sulfonamides is 2. The van der Waals surface area contributed by atoms with Crippen LogP contribution in [0, 0.1) is 0 Å². The number of amides is 1. The molecular weight excluding hydrogens is 462 g/mol. The maximum atomic E-state index is 12.7. The molecule has 1 aliphatic heterocycles. The zero-order chi connectivity index (χ0) is 23.5. The van der Waals surface area contributed by atoms with E-state index in [4.69, 9.17) is 0 Å². The number of anilines is 2. The molecule has 1 saturated heterocycles. The van der Waals surface area contributed by atoms with Crippen LogP contribution >= 0.6 is 0 Å². The Balaban J connectivity index is 1.48. The van der Waals surface area contributed by atoms with Gasteiger partial charge in [-0.3, -0.25) is 9.52 Å². The lowest BCUT2D eigenvalue weighted by Crippen LogP contribution is -2.27. The van der Waals surface area contributed by atoms with E-state index in [9.17, 15) is 21.6 Å². The van der Waals surface area contributed by atoms with Gasteiger partial charge in [0.1, 0.15) is 0 Å². The largest absolute Gasteiger partial charge is 0.322 e. The van der Waals surface area contributed by atoms with E-state index in [-0.39, 0.29) is 15.4 Å². The summed E-state index contributed by atoms with van der Waals surface area (Å²) in [7, 11) is -7.41. The molecule has 0 bridgehead atoms. The molecule has 33 heavy (non-hydrogen) atoms. The normalized spacial score (nSPS) is 14.7. The second-order valence-corrected chi connectivity index (χ2v) is 11.2. The van der Waals surface area contributed by atoms with Crippen molar-refractivity contribution in [1.29, 1.82) is 0 Å². The van der Waals surface area contributed by atoms with Gasteiger partial charge in [0.25, 0.3) is 15.9 Å². The van der Waals surface area contributed by atoms with E-state index in [0.717, 1.165) is 12.8 Å². The molecule has 3 aromatic carbocycles. The Morgan fingerprint density at radius 3 is 2.06 bits per heavy atom. The van der Waals surface area contributed by atoms with Crippen molar-refractivity contribution in [3.05, 3.63) is 84.4 Å². The molecule has 1 fully saturated rings. The third-order valence-corrected chi connectivity index (χ3v) is 8.54. The highest BCUT2D eigenvalue weighted by Crippen LogP contribution is 2.23. The number of nitrogens with zero attached hydrogens (tertiary/aromatic N) is 1. The van der Waals surface area contributed by atoms with Crippen LogP contribution in [-0.4, -0.2) is 40.1 Å². The van der Waals surface area contributed by atoms with Crippen molar-refractivity contribution in [1.82, 2.24) is 4.31 Å². The highest BCUT2D eigenvalue weighted by Gasteiger charge is 2.27. The van der Waals surface area contributed by atoms with Crippen molar-refractivity contribution in [3.63, 3.8) is 0 Å². The van der Waals surface area contributed by atoms with Crippen molar-refractivity contribution in [2.75, 3.05) is 23.1 Å². The topological polar surface area (TPSA) is 113 Å². The van der Waals surface area contributed by atoms with E-state index in [1.54, 1.807) is 30.3 Å². The van der Waals surface area contributed by atoms with Gasteiger partial charge in [-0.25, -0.2) is 16.8 Å². The number of nitrogens with one attached hydrogen (secondary N) is 2. The zero-order valence-corrected chi connectivity index (χ0v) is 19.3. The molecule has 10 heteroatoms. The summed E-state index contributed by atoms with van der Waals surface area (Å²) in [6.45, 7) is 1.03. The van der Waals surface area contributed by atoms with E-state index in [1.807, 2.05) is 0 Å². The SMILES string of the molecule is O=C(Nc1ccc(S(=O)(=O)N2CCCC2)cc1)c1cccc(S(=O)(=O)Nc2ccccc2)c1. The molecule has 0 radical (unpaired) electrons. The zero-order valence-electron chi connectivity index (χ0n) is 17.6. The molecule has 4 rings (SSSR count). The Bertz CT molecular complexity index is 1350. The maximum absolute atomic E-state index is 12.7. The number of carbonyl (C=O) groups excluding carboxylic acids is 1. The molecule has 2 N–H and O–H groups in total. The van der Waals surface area contributed by atoms with Gasteiger partial charge < -0.3 is 5.32 Å². The molecule has 0 aromatic heterocycles. The quantitative estimate of drug-likeness (QED) is 0.532. The molecule has 1 amide bonds. The van der Waals surface area contributed by atoms with Crippen LogP contribution in [-0.2, 0) is 20.0 Å². The van der Waals surface area contributed by atoms with Crippen LogP contribution in [0.15, 0.2) is 88.7 Å². The molecule has 0 aliphatic carbocycles. The second-order valence-electron chi connectivity index (χ2n) is 7.59. The lowest BCUT2D eigenvalue weighted by molar-refractivity contribution is 0.102. The molecule has 0 spiro atoms. The van der Waals surface area contributed by atoms with Gasteiger partial charge in [0.2, 0.25) is 10.0 Å². The molecule has 1 aliphatic rings. The number of hydrogen-bond donors (Lipinski definition) is 2. The Morgan fingerprint density at radius 1 is 0.727 bits per heavy atom. The van der Waals surface area contributed by atoms with Crippen LogP contribution in [0.1, 0.15) is 23.2 Å². The van der Waals surface area contributed by atoms with Crippen LogP contribution in [0.25, 0.3) is 0 Å². The van der Waals surface area contributed by atoms with Gasteiger partial charge in [-0.15, -0.1) is 0 Å². The number of carbonyl (C=O) groups is 1. The van der Waals surface area contributed by atoms with Crippen LogP contribution in [0.3, 0.4) is 0 Å². The number of rotatable bonds is 7. The predicted octanol–water partition coefficient (Wildman–Crippen LogP) is 3.52.